The van der Waals surface area contributed by atoms with Crippen molar-refractivity contribution in [3.8, 4) is 0 Å². The number of ether oxygens (including phenoxy) is 2. The van der Waals surface area contributed by atoms with Crippen LogP contribution in [0, 0.1) is 0 Å². The first-order valence-electron chi connectivity index (χ1n) is 36.3. The fourth-order valence-electron chi connectivity index (χ4n) is 11.3. The number of carbonyl (C=O) groups excluding carboxylic acids is 1. The minimum absolute atomic E-state index is 0.178. The van der Waals surface area contributed by atoms with E-state index < -0.39 is 49.5 Å². The molecule has 9 heteroatoms. The van der Waals surface area contributed by atoms with Crippen molar-refractivity contribution in [1.82, 2.24) is 5.32 Å². The highest BCUT2D eigenvalue weighted by Gasteiger charge is 2.44. The maximum atomic E-state index is 13.1. The molecule has 85 heavy (non-hydrogen) atoms. The van der Waals surface area contributed by atoms with E-state index in [1.165, 1.54) is 238 Å². The average molecular weight is 1190 g/mol. The van der Waals surface area contributed by atoms with Gasteiger partial charge in [-0.25, -0.2) is 0 Å². The molecule has 6 N–H and O–H groups in total. The third-order valence-electron chi connectivity index (χ3n) is 17.0. The van der Waals surface area contributed by atoms with Crippen LogP contribution in [0.5, 0.6) is 0 Å². The van der Waals surface area contributed by atoms with Crippen LogP contribution in [-0.4, -0.2) is 87.5 Å². The average Bonchev–Trinajstić information content (AvgIpc) is 3.54. The first-order chi connectivity index (χ1) is 41.8. The number of rotatable bonds is 63. The second-order valence-electron chi connectivity index (χ2n) is 25.0. The standard InChI is InChI=1S/C76H137NO8/c1-3-5-7-9-11-13-15-17-19-21-23-25-27-29-31-33-35-37-39-41-43-45-47-49-51-53-55-57-59-61-63-65-70(79)69(68-84-76-75(83)74(82)73(81)71(67-78)85-76)77-72(80)66-64-62-60-58-56-54-52-50-48-46-44-42-40-38-36-34-32-30-28-26-24-22-20-18-16-14-12-10-8-6-4-2/h6,8,12,14,18,20,24,26,30,32,36,38,63,65,69-71,73-76,78-79,81-83H,3-5,7,9-11,13,15-17,19,21-23,25,27-29,31,33-35,37,39-62,64,66-68H2,1-2H3,(H,77,80)/b8-6-,14-12-,20-18-,26-24-,32-30-,38-36-,65-63+. The lowest BCUT2D eigenvalue weighted by Crippen LogP contribution is -2.60. The fraction of sp³-hybridized carbons (Fsp3) is 0.803. The molecule has 9 nitrogen and oxygen atoms in total. The lowest BCUT2D eigenvalue weighted by molar-refractivity contribution is -0.302. The van der Waals surface area contributed by atoms with Crippen molar-refractivity contribution in [2.24, 2.45) is 0 Å². The Morgan fingerprint density at radius 1 is 0.412 bits per heavy atom. The minimum Gasteiger partial charge on any atom is -0.394 e. The van der Waals surface area contributed by atoms with Crippen LogP contribution >= 0.6 is 0 Å². The van der Waals surface area contributed by atoms with Gasteiger partial charge in [-0.15, -0.1) is 0 Å². The second kappa shape index (κ2) is 64.4. The topological polar surface area (TPSA) is 149 Å². The highest BCUT2D eigenvalue weighted by molar-refractivity contribution is 5.76. The summed E-state index contributed by atoms with van der Waals surface area (Å²) in [5.41, 5.74) is 0. The first-order valence-corrected chi connectivity index (χ1v) is 36.3. The molecule has 0 aromatic heterocycles. The summed E-state index contributed by atoms with van der Waals surface area (Å²) in [7, 11) is 0. The van der Waals surface area contributed by atoms with Crippen LogP contribution < -0.4 is 5.32 Å². The molecule has 1 saturated heterocycles. The Balaban J connectivity index is 2.13. The molecule has 0 saturated carbocycles. The zero-order valence-corrected chi connectivity index (χ0v) is 55.4. The summed E-state index contributed by atoms with van der Waals surface area (Å²) in [5.74, 6) is -0.178. The maximum absolute atomic E-state index is 13.1. The predicted octanol–water partition coefficient (Wildman–Crippen LogP) is 20.1. The third-order valence-corrected chi connectivity index (χ3v) is 17.0. The molecule has 1 rings (SSSR count). The lowest BCUT2D eigenvalue weighted by atomic mass is 9.99. The van der Waals surface area contributed by atoms with E-state index in [9.17, 15) is 30.3 Å². The van der Waals surface area contributed by atoms with E-state index in [0.717, 1.165) is 77.0 Å². The van der Waals surface area contributed by atoms with Crippen molar-refractivity contribution in [1.29, 1.82) is 0 Å². The molecule has 1 fully saturated rings. The van der Waals surface area contributed by atoms with Gasteiger partial charge in [0.2, 0.25) is 5.91 Å². The fourth-order valence-corrected chi connectivity index (χ4v) is 11.3. The SMILES string of the molecule is CC/C=C\C/C=C\C/C=C\C/C=C\C/C=C\C/C=C\CCCCCCCCCCCCCCC(=O)NC(COC1OC(CO)C(O)C(O)C1O)C(O)/C=C/CCCCCCCCCCCCCCCCCCCCCCCCCCCCCCC. The number of aliphatic hydroxyl groups excluding tert-OH is 5. The molecule has 0 aliphatic carbocycles. The molecule has 1 aliphatic rings. The van der Waals surface area contributed by atoms with Gasteiger partial charge in [0.05, 0.1) is 25.4 Å². The maximum Gasteiger partial charge on any atom is 0.220 e. The van der Waals surface area contributed by atoms with Gasteiger partial charge < -0.3 is 40.3 Å². The predicted molar refractivity (Wildman–Crippen MR) is 364 cm³/mol. The molecule has 0 radical (unpaired) electrons. The highest BCUT2D eigenvalue weighted by Crippen LogP contribution is 2.23. The number of hydrogen-bond acceptors (Lipinski definition) is 8. The molecule has 494 valence electrons. The molecule has 7 unspecified atom stereocenters. The summed E-state index contributed by atoms with van der Waals surface area (Å²) >= 11 is 0. The molecular formula is C76H137NO8. The van der Waals surface area contributed by atoms with Crippen LogP contribution in [0.4, 0.5) is 0 Å². The Kier molecular flexibility index (Phi) is 60.9. The van der Waals surface area contributed by atoms with Crippen molar-refractivity contribution < 1.29 is 39.8 Å². The van der Waals surface area contributed by atoms with E-state index in [4.69, 9.17) is 9.47 Å². The number of amides is 1. The molecule has 0 spiro atoms. The number of hydrogen-bond donors (Lipinski definition) is 6. The first kappa shape index (κ1) is 80.4. The number of carbonyl (C=O) groups is 1. The molecule has 1 amide bonds. The quantitative estimate of drug-likeness (QED) is 0.0261. The van der Waals surface area contributed by atoms with Crippen LogP contribution in [0.2, 0.25) is 0 Å². The van der Waals surface area contributed by atoms with Crippen LogP contribution in [-0.2, 0) is 14.3 Å². The summed E-state index contributed by atoms with van der Waals surface area (Å²) in [6.45, 7) is 3.70. The molecule has 1 aliphatic heterocycles. The summed E-state index contributed by atoms with van der Waals surface area (Å²) in [4.78, 5) is 13.1. The Hall–Kier alpha value is -2.63. The van der Waals surface area contributed by atoms with E-state index in [1.807, 2.05) is 6.08 Å². The van der Waals surface area contributed by atoms with E-state index >= 15 is 0 Å². The number of nitrogens with one attached hydrogen (secondary N) is 1. The zero-order valence-electron chi connectivity index (χ0n) is 55.4. The normalized spacial score (nSPS) is 18.6. The van der Waals surface area contributed by atoms with Gasteiger partial charge >= 0.3 is 0 Å². The van der Waals surface area contributed by atoms with Crippen LogP contribution in [0.1, 0.15) is 335 Å². The number of unbranched alkanes of at least 4 members (excludes halogenated alkanes) is 41. The molecule has 0 aromatic carbocycles. The molecule has 0 aromatic rings. The smallest absolute Gasteiger partial charge is 0.220 e. The Labute approximate surface area is 524 Å². The molecule has 7 atom stereocenters. The van der Waals surface area contributed by atoms with Crippen molar-refractivity contribution >= 4 is 5.91 Å². The van der Waals surface area contributed by atoms with Gasteiger partial charge in [-0.2, -0.15) is 0 Å². The summed E-state index contributed by atoms with van der Waals surface area (Å²) in [5, 5.41) is 54.8. The van der Waals surface area contributed by atoms with Crippen molar-refractivity contribution in [2.75, 3.05) is 13.2 Å². The Bertz CT molecular complexity index is 1620. The van der Waals surface area contributed by atoms with E-state index in [2.05, 4.69) is 92.1 Å². The number of aliphatic hydroxyl groups is 5. The number of allylic oxidation sites excluding steroid dienone is 13. The molecule has 0 bridgehead atoms. The van der Waals surface area contributed by atoms with Gasteiger partial charge in [-0.3, -0.25) is 4.79 Å². The van der Waals surface area contributed by atoms with E-state index in [0.29, 0.717) is 6.42 Å². The third kappa shape index (κ3) is 53.0. The second-order valence-corrected chi connectivity index (χ2v) is 25.0. The van der Waals surface area contributed by atoms with Gasteiger partial charge in [-0.1, -0.05) is 343 Å². The largest absolute Gasteiger partial charge is 0.394 e. The lowest BCUT2D eigenvalue weighted by Gasteiger charge is -2.40. The summed E-state index contributed by atoms with van der Waals surface area (Å²) < 4.78 is 11.3. The van der Waals surface area contributed by atoms with E-state index in [1.54, 1.807) is 6.08 Å². The van der Waals surface area contributed by atoms with E-state index in [-0.39, 0.29) is 12.5 Å². The monoisotopic (exact) mass is 1190 g/mol. The van der Waals surface area contributed by atoms with Crippen LogP contribution in [0.3, 0.4) is 0 Å². The summed E-state index contributed by atoms with van der Waals surface area (Å²) in [6.07, 6.45) is 85.5. The molecule has 1 heterocycles. The minimum atomic E-state index is -1.57. The van der Waals surface area contributed by atoms with Gasteiger partial charge in [0.1, 0.15) is 24.4 Å². The van der Waals surface area contributed by atoms with Crippen molar-refractivity contribution in [3.05, 3.63) is 85.1 Å². The Morgan fingerprint density at radius 2 is 0.729 bits per heavy atom. The van der Waals surface area contributed by atoms with Crippen LogP contribution in [0.25, 0.3) is 0 Å². The van der Waals surface area contributed by atoms with Crippen molar-refractivity contribution in [2.45, 2.75) is 378 Å². The van der Waals surface area contributed by atoms with Crippen LogP contribution in [0.15, 0.2) is 85.1 Å². The molecular weight excluding hydrogens is 1050 g/mol. The Morgan fingerprint density at radius 3 is 1.08 bits per heavy atom. The van der Waals surface area contributed by atoms with Gasteiger partial charge in [-0.05, 0) is 70.6 Å². The van der Waals surface area contributed by atoms with Gasteiger partial charge in [0.25, 0.3) is 0 Å². The van der Waals surface area contributed by atoms with Crippen molar-refractivity contribution in [3.63, 3.8) is 0 Å². The van der Waals surface area contributed by atoms with Gasteiger partial charge in [0.15, 0.2) is 6.29 Å². The summed E-state index contributed by atoms with van der Waals surface area (Å²) in [6, 6.07) is -0.813. The van der Waals surface area contributed by atoms with Gasteiger partial charge in [0, 0.05) is 6.42 Å². The zero-order chi connectivity index (χ0) is 61.4. The highest BCUT2D eigenvalue weighted by atomic mass is 16.7.